The third-order valence-electron chi connectivity index (χ3n) is 5.16. The van der Waals surface area contributed by atoms with Gasteiger partial charge in [0.2, 0.25) is 0 Å². The molecule has 0 radical (unpaired) electrons. The molecule has 4 rings (SSSR count). The van der Waals surface area contributed by atoms with E-state index in [1.165, 1.54) is 29.0 Å². The van der Waals surface area contributed by atoms with Crippen molar-refractivity contribution in [2.45, 2.75) is 25.3 Å². The second-order valence-electron chi connectivity index (χ2n) is 7.58. The molecule has 1 aromatic heterocycles. The van der Waals surface area contributed by atoms with Gasteiger partial charge in [0.1, 0.15) is 0 Å². The summed E-state index contributed by atoms with van der Waals surface area (Å²) in [6, 6.07) is 19.9. The van der Waals surface area contributed by atoms with Gasteiger partial charge in [-0.2, -0.15) is 0 Å². The van der Waals surface area contributed by atoms with E-state index in [2.05, 4.69) is 13.0 Å². The van der Waals surface area contributed by atoms with Crippen LogP contribution in [0.2, 0.25) is 0 Å². The summed E-state index contributed by atoms with van der Waals surface area (Å²) >= 11 is 1.46. The summed E-state index contributed by atoms with van der Waals surface area (Å²) in [6.07, 6.45) is 1.14. The number of aryl methyl sites for hydroxylation is 2. The van der Waals surface area contributed by atoms with E-state index < -0.39 is 9.84 Å². The molecule has 0 saturated carbocycles. The minimum absolute atomic E-state index is 0.119. The van der Waals surface area contributed by atoms with Gasteiger partial charge in [-0.1, -0.05) is 47.7 Å². The van der Waals surface area contributed by atoms with Crippen LogP contribution in [0, 0.1) is 13.8 Å². The number of benzene rings is 3. The largest absolute Gasteiger partial charge is 0.279 e. The highest BCUT2D eigenvalue weighted by atomic mass is 32.2. The molecule has 1 heterocycles. The summed E-state index contributed by atoms with van der Waals surface area (Å²) in [7, 11) is -3.42. The molecule has 158 valence electrons. The lowest BCUT2D eigenvalue weighted by atomic mass is 10.1. The highest BCUT2D eigenvalue weighted by molar-refractivity contribution is 7.90. The lowest BCUT2D eigenvalue weighted by molar-refractivity contribution is 0.0985. The average molecular weight is 451 g/mol. The fourth-order valence-corrected chi connectivity index (χ4v) is 5.00. The number of aromatic nitrogens is 1. The molecule has 0 aliphatic rings. The van der Waals surface area contributed by atoms with E-state index in [9.17, 15) is 13.2 Å². The van der Waals surface area contributed by atoms with Gasteiger partial charge in [-0.3, -0.25) is 9.69 Å². The van der Waals surface area contributed by atoms with E-state index in [0.29, 0.717) is 17.2 Å². The first-order valence-electron chi connectivity index (χ1n) is 9.76. The standard InChI is InChI=1S/C24H22N2O3S2/c1-16-12-21-22(13-17(16)2)30-24(25-21)26(15-18-8-5-4-6-9-18)23(27)19-10-7-11-20(14-19)31(3,28)29/h4-14H,15H2,1-3H3. The number of hydrogen-bond acceptors (Lipinski definition) is 5. The lowest BCUT2D eigenvalue weighted by Crippen LogP contribution is -2.30. The Balaban J connectivity index is 1.81. The highest BCUT2D eigenvalue weighted by Crippen LogP contribution is 2.32. The first kappa shape index (κ1) is 21.2. The van der Waals surface area contributed by atoms with E-state index in [-0.39, 0.29) is 10.8 Å². The van der Waals surface area contributed by atoms with Crippen molar-refractivity contribution in [2.75, 3.05) is 11.2 Å². The van der Waals surface area contributed by atoms with Gasteiger partial charge >= 0.3 is 0 Å². The number of anilines is 1. The van der Waals surface area contributed by atoms with Crippen LogP contribution in [-0.2, 0) is 16.4 Å². The molecule has 0 aliphatic carbocycles. The molecule has 4 aromatic rings. The lowest BCUT2D eigenvalue weighted by Gasteiger charge is -2.20. The van der Waals surface area contributed by atoms with E-state index in [1.807, 2.05) is 43.3 Å². The second-order valence-corrected chi connectivity index (χ2v) is 10.6. The number of hydrogen-bond donors (Lipinski definition) is 0. The van der Waals surface area contributed by atoms with E-state index in [1.54, 1.807) is 17.0 Å². The molecule has 0 bridgehead atoms. The molecule has 0 unspecified atom stereocenters. The van der Waals surface area contributed by atoms with E-state index in [0.717, 1.165) is 27.6 Å². The number of carbonyl (C=O) groups excluding carboxylic acids is 1. The molecule has 0 spiro atoms. The Kier molecular flexibility index (Phi) is 5.64. The van der Waals surface area contributed by atoms with Gasteiger partial charge in [-0.05, 0) is 60.9 Å². The summed E-state index contributed by atoms with van der Waals surface area (Å²) in [4.78, 5) is 20.0. The van der Waals surface area contributed by atoms with Gasteiger partial charge < -0.3 is 0 Å². The van der Waals surface area contributed by atoms with Crippen LogP contribution in [0.4, 0.5) is 5.13 Å². The average Bonchev–Trinajstić information content (AvgIpc) is 3.14. The SMILES string of the molecule is Cc1cc2nc(N(Cc3ccccc3)C(=O)c3cccc(S(C)(=O)=O)c3)sc2cc1C. The van der Waals surface area contributed by atoms with Crippen molar-refractivity contribution in [1.82, 2.24) is 4.98 Å². The molecular formula is C24H22N2O3S2. The molecule has 3 aromatic carbocycles. The fraction of sp³-hybridized carbons (Fsp3) is 0.167. The van der Waals surface area contributed by atoms with Crippen molar-refractivity contribution in [3.63, 3.8) is 0 Å². The third-order valence-corrected chi connectivity index (χ3v) is 7.31. The van der Waals surface area contributed by atoms with Gasteiger partial charge in [0.15, 0.2) is 15.0 Å². The Labute approximate surface area is 185 Å². The second kappa shape index (κ2) is 8.24. The maximum absolute atomic E-state index is 13.5. The normalized spacial score (nSPS) is 11.6. The molecule has 31 heavy (non-hydrogen) atoms. The summed E-state index contributed by atoms with van der Waals surface area (Å²) in [5.74, 6) is -0.290. The van der Waals surface area contributed by atoms with Crippen LogP contribution < -0.4 is 4.90 Å². The number of nitrogens with zero attached hydrogens (tertiary/aromatic N) is 2. The molecule has 0 N–H and O–H groups in total. The summed E-state index contributed by atoms with van der Waals surface area (Å²) in [5.41, 5.74) is 4.43. The van der Waals surface area contributed by atoms with Crippen LogP contribution in [0.25, 0.3) is 10.2 Å². The van der Waals surface area contributed by atoms with Crippen LogP contribution in [-0.4, -0.2) is 25.6 Å². The number of sulfone groups is 1. The molecule has 0 fully saturated rings. The quantitative estimate of drug-likeness (QED) is 0.421. The maximum atomic E-state index is 13.5. The number of amides is 1. The zero-order valence-corrected chi connectivity index (χ0v) is 19.1. The molecule has 5 nitrogen and oxygen atoms in total. The van der Waals surface area contributed by atoms with Crippen molar-refractivity contribution in [3.05, 3.63) is 89.0 Å². The van der Waals surface area contributed by atoms with Gasteiger partial charge in [0.05, 0.1) is 21.7 Å². The molecule has 7 heteroatoms. The Morgan fingerprint density at radius 1 is 0.968 bits per heavy atom. The van der Waals surface area contributed by atoms with Crippen molar-refractivity contribution in [2.24, 2.45) is 0 Å². The van der Waals surface area contributed by atoms with Crippen molar-refractivity contribution in [1.29, 1.82) is 0 Å². The van der Waals surface area contributed by atoms with Crippen LogP contribution >= 0.6 is 11.3 Å². The topological polar surface area (TPSA) is 67.3 Å². The molecule has 0 aliphatic heterocycles. The molecule has 0 atom stereocenters. The van der Waals surface area contributed by atoms with Crippen LogP contribution in [0.15, 0.2) is 71.6 Å². The Hall–Kier alpha value is -3.03. The van der Waals surface area contributed by atoms with Crippen LogP contribution in [0.3, 0.4) is 0 Å². The van der Waals surface area contributed by atoms with Gasteiger partial charge in [0, 0.05) is 11.8 Å². The van der Waals surface area contributed by atoms with Crippen molar-refractivity contribution in [3.8, 4) is 0 Å². The Morgan fingerprint density at radius 3 is 2.39 bits per heavy atom. The van der Waals surface area contributed by atoms with Gasteiger partial charge in [-0.25, -0.2) is 13.4 Å². The minimum Gasteiger partial charge on any atom is -0.279 e. The van der Waals surface area contributed by atoms with E-state index in [4.69, 9.17) is 4.98 Å². The maximum Gasteiger partial charge on any atom is 0.260 e. The summed E-state index contributed by atoms with van der Waals surface area (Å²) < 4.78 is 25.0. The Morgan fingerprint density at radius 2 is 1.68 bits per heavy atom. The minimum atomic E-state index is -3.42. The number of carbonyl (C=O) groups is 1. The van der Waals surface area contributed by atoms with Crippen LogP contribution in [0.5, 0.6) is 0 Å². The highest BCUT2D eigenvalue weighted by Gasteiger charge is 2.23. The smallest absolute Gasteiger partial charge is 0.260 e. The zero-order chi connectivity index (χ0) is 22.2. The molecular weight excluding hydrogens is 428 g/mol. The monoisotopic (exact) mass is 450 g/mol. The number of fused-ring (bicyclic) bond motifs is 1. The van der Waals surface area contributed by atoms with Crippen molar-refractivity contribution < 1.29 is 13.2 Å². The predicted octanol–water partition coefficient (Wildman–Crippen LogP) is 5.16. The third kappa shape index (κ3) is 4.52. The number of thiazole rings is 1. The van der Waals surface area contributed by atoms with Gasteiger partial charge in [-0.15, -0.1) is 0 Å². The fourth-order valence-electron chi connectivity index (χ4n) is 3.29. The molecule has 0 saturated heterocycles. The molecule has 1 amide bonds. The number of rotatable bonds is 5. The van der Waals surface area contributed by atoms with Gasteiger partial charge in [0.25, 0.3) is 5.91 Å². The summed E-state index contributed by atoms with van der Waals surface area (Å²) in [6.45, 7) is 4.43. The van der Waals surface area contributed by atoms with Crippen molar-refractivity contribution >= 4 is 42.4 Å². The first-order chi connectivity index (χ1) is 14.7. The van der Waals surface area contributed by atoms with Crippen LogP contribution in [0.1, 0.15) is 27.0 Å². The summed E-state index contributed by atoms with van der Waals surface area (Å²) in [5, 5.41) is 0.582. The Bertz CT molecular complexity index is 1340. The predicted molar refractivity (Wildman–Crippen MR) is 126 cm³/mol. The van der Waals surface area contributed by atoms with E-state index >= 15 is 0 Å². The first-order valence-corrected chi connectivity index (χ1v) is 12.5. The zero-order valence-electron chi connectivity index (χ0n) is 17.5.